The molecule has 0 aliphatic carbocycles. The van der Waals surface area contributed by atoms with Gasteiger partial charge in [0.25, 0.3) is 0 Å². The largest absolute Gasteiger partial charge is 0.449 e. The molecule has 108 valence electrons. The van der Waals surface area contributed by atoms with Crippen molar-refractivity contribution in [2.45, 2.75) is 52.0 Å². The summed E-state index contributed by atoms with van der Waals surface area (Å²) in [7, 11) is 0. The van der Waals surface area contributed by atoms with Crippen LogP contribution in [-0.2, 0) is 6.42 Å². The van der Waals surface area contributed by atoms with Gasteiger partial charge in [-0.1, -0.05) is 6.92 Å². The highest BCUT2D eigenvalue weighted by Gasteiger charge is 2.23. The zero-order valence-corrected chi connectivity index (χ0v) is 12.3. The van der Waals surface area contributed by atoms with Gasteiger partial charge in [0.05, 0.1) is 12.3 Å². The summed E-state index contributed by atoms with van der Waals surface area (Å²) >= 11 is 0. The summed E-state index contributed by atoms with van der Waals surface area (Å²) in [5, 5.41) is 9.13. The maximum absolute atomic E-state index is 9.13. The van der Waals surface area contributed by atoms with Crippen LogP contribution < -0.4 is 0 Å². The Balaban J connectivity index is 1.91. The zero-order chi connectivity index (χ0) is 13.8. The molecule has 19 heavy (non-hydrogen) atoms. The first-order valence-electron chi connectivity index (χ1n) is 7.39. The lowest BCUT2D eigenvalue weighted by Gasteiger charge is -2.35. The summed E-state index contributed by atoms with van der Waals surface area (Å²) in [4.78, 5) is 7.04. The quantitative estimate of drug-likeness (QED) is 0.889. The van der Waals surface area contributed by atoms with E-state index in [1.807, 2.05) is 6.92 Å². The molecule has 4 heteroatoms. The Hall–Kier alpha value is -0.870. The van der Waals surface area contributed by atoms with Crippen LogP contribution in [0.1, 0.15) is 51.1 Å². The van der Waals surface area contributed by atoms with Gasteiger partial charge in [0.15, 0.2) is 5.89 Å². The van der Waals surface area contributed by atoms with Crippen molar-refractivity contribution in [2.24, 2.45) is 5.92 Å². The molecular formula is C15H26N2O2. The molecule has 1 aliphatic heterocycles. The fraction of sp³-hybridized carbons (Fsp3) is 0.800. The van der Waals surface area contributed by atoms with Crippen molar-refractivity contribution >= 4 is 0 Å². The van der Waals surface area contributed by atoms with Crippen LogP contribution in [-0.4, -0.2) is 40.7 Å². The second-order valence-corrected chi connectivity index (χ2v) is 6.05. The Kier molecular flexibility index (Phi) is 4.99. The molecule has 1 aromatic rings. The van der Waals surface area contributed by atoms with E-state index in [-0.39, 0.29) is 12.5 Å². The maximum atomic E-state index is 9.13. The average molecular weight is 266 g/mol. The van der Waals surface area contributed by atoms with Gasteiger partial charge < -0.3 is 14.4 Å². The predicted molar refractivity (Wildman–Crippen MR) is 75.1 cm³/mol. The van der Waals surface area contributed by atoms with Crippen LogP contribution in [0.5, 0.6) is 0 Å². The molecule has 0 amide bonds. The number of oxazole rings is 1. The van der Waals surface area contributed by atoms with Crippen molar-refractivity contribution in [3.05, 3.63) is 17.8 Å². The normalized spacial score (nSPS) is 22.9. The number of piperidine rings is 1. The van der Waals surface area contributed by atoms with Crippen LogP contribution in [0.4, 0.5) is 0 Å². The van der Waals surface area contributed by atoms with Gasteiger partial charge >= 0.3 is 0 Å². The highest BCUT2D eigenvalue weighted by molar-refractivity contribution is 5.03. The standard InChI is InChI=1S/C15H26N2O2/c1-11(2)17-6-4-5-13(8-17)7-15-16-14(10-19-15)12(3)9-18/h10-13,18H,4-9H2,1-3H3. The first-order valence-corrected chi connectivity index (χ1v) is 7.39. The van der Waals surface area contributed by atoms with Crippen molar-refractivity contribution in [1.82, 2.24) is 9.88 Å². The smallest absolute Gasteiger partial charge is 0.194 e. The molecule has 0 bridgehead atoms. The van der Waals surface area contributed by atoms with Crippen LogP contribution in [0.2, 0.25) is 0 Å². The summed E-state index contributed by atoms with van der Waals surface area (Å²) in [6, 6.07) is 0.623. The van der Waals surface area contributed by atoms with Crippen molar-refractivity contribution in [3.8, 4) is 0 Å². The molecule has 0 radical (unpaired) electrons. The molecule has 1 aliphatic rings. The fourth-order valence-corrected chi connectivity index (χ4v) is 2.72. The van der Waals surface area contributed by atoms with Gasteiger partial charge in [-0.15, -0.1) is 0 Å². The van der Waals surface area contributed by atoms with Crippen molar-refractivity contribution in [2.75, 3.05) is 19.7 Å². The minimum absolute atomic E-state index is 0.0658. The summed E-state index contributed by atoms with van der Waals surface area (Å²) in [6.07, 6.45) is 5.14. The van der Waals surface area contributed by atoms with Gasteiger partial charge in [-0.3, -0.25) is 0 Å². The van der Waals surface area contributed by atoms with E-state index < -0.39 is 0 Å². The summed E-state index contributed by atoms with van der Waals surface area (Å²) in [5.74, 6) is 1.54. The van der Waals surface area contributed by atoms with E-state index in [0.29, 0.717) is 12.0 Å². The Bertz CT molecular complexity index is 389. The van der Waals surface area contributed by atoms with Gasteiger partial charge in [0.2, 0.25) is 0 Å². The monoisotopic (exact) mass is 266 g/mol. The minimum Gasteiger partial charge on any atom is -0.449 e. The van der Waals surface area contributed by atoms with Crippen molar-refractivity contribution in [1.29, 1.82) is 0 Å². The van der Waals surface area contributed by atoms with Crippen LogP contribution >= 0.6 is 0 Å². The third kappa shape index (κ3) is 3.80. The minimum atomic E-state index is 0.0658. The van der Waals surface area contributed by atoms with Gasteiger partial charge in [-0.2, -0.15) is 0 Å². The first kappa shape index (κ1) is 14.5. The third-order valence-corrected chi connectivity index (χ3v) is 4.09. The van der Waals surface area contributed by atoms with Crippen LogP contribution in [0.15, 0.2) is 10.7 Å². The van der Waals surface area contributed by atoms with Crippen molar-refractivity contribution < 1.29 is 9.52 Å². The fourth-order valence-electron chi connectivity index (χ4n) is 2.72. The number of likely N-dealkylation sites (tertiary alicyclic amines) is 1. The Morgan fingerprint density at radius 1 is 1.47 bits per heavy atom. The zero-order valence-electron chi connectivity index (χ0n) is 12.3. The predicted octanol–water partition coefficient (Wildman–Crippen LogP) is 2.43. The number of hydrogen-bond acceptors (Lipinski definition) is 4. The maximum Gasteiger partial charge on any atom is 0.194 e. The number of aliphatic hydroxyl groups excluding tert-OH is 1. The summed E-state index contributed by atoms with van der Waals surface area (Å²) < 4.78 is 5.55. The van der Waals surface area contributed by atoms with Crippen LogP contribution in [0.25, 0.3) is 0 Å². The molecule has 2 atom stereocenters. The molecule has 2 rings (SSSR count). The van der Waals surface area contributed by atoms with Crippen LogP contribution in [0.3, 0.4) is 0 Å². The summed E-state index contributed by atoms with van der Waals surface area (Å²) in [5.41, 5.74) is 0.869. The van der Waals surface area contributed by atoms with E-state index >= 15 is 0 Å². The van der Waals surface area contributed by atoms with E-state index in [0.717, 1.165) is 24.6 Å². The lowest BCUT2D eigenvalue weighted by atomic mass is 9.94. The average Bonchev–Trinajstić information content (AvgIpc) is 2.86. The number of aromatic nitrogens is 1. The second-order valence-electron chi connectivity index (χ2n) is 6.05. The molecule has 1 fully saturated rings. The van der Waals surface area contributed by atoms with E-state index in [1.165, 1.54) is 19.4 Å². The number of rotatable bonds is 5. The Morgan fingerprint density at radius 2 is 2.26 bits per heavy atom. The molecule has 1 saturated heterocycles. The number of aliphatic hydroxyl groups is 1. The highest BCUT2D eigenvalue weighted by atomic mass is 16.3. The van der Waals surface area contributed by atoms with Gasteiger partial charge in [-0.05, 0) is 39.2 Å². The molecule has 4 nitrogen and oxygen atoms in total. The molecule has 0 spiro atoms. The van der Waals surface area contributed by atoms with E-state index in [4.69, 9.17) is 9.52 Å². The molecule has 0 aromatic carbocycles. The van der Waals surface area contributed by atoms with Gasteiger partial charge in [0.1, 0.15) is 6.26 Å². The van der Waals surface area contributed by atoms with E-state index in [9.17, 15) is 0 Å². The summed E-state index contributed by atoms with van der Waals surface area (Å²) in [6.45, 7) is 8.96. The van der Waals surface area contributed by atoms with E-state index in [1.54, 1.807) is 6.26 Å². The Labute approximate surface area is 115 Å². The number of nitrogens with zero attached hydrogens (tertiary/aromatic N) is 2. The SMILES string of the molecule is CC(CO)c1coc(CC2CCCN(C(C)C)C2)n1. The van der Waals surface area contributed by atoms with E-state index in [2.05, 4.69) is 23.7 Å². The first-order chi connectivity index (χ1) is 9.10. The topological polar surface area (TPSA) is 49.5 Å². The molecular weight excluding hydrogens is 240 g/mol. The van der Waals surface area contributed by atoms with Gasteiger partial charge in [-0.25, -0.2) is 4.98 Å². The van der Waals surface area contributed by atoms with Crippen molar-refractivity contribution in [3.63, 3.8) is 0 Å². The highest BCUT2D eigenvalue weighted by Crippen LogP contribution is 2.23. The lowest BCUT2D eigenvalue weighted by molar-refractivity contribution is 0.136. The van der Waals surface area contributed by atoms with Crippen LogP contribution in [0, 0.1) is 5.92 Å². The lowest BCUT2D eigenvalue weighted by Crippen LogP contribution is -2.40. The molecule has 1 N–H and O–H groups in total. The van der Waals surface area contributed by atoms with Gasteiger partial charge in [0, 0.05) is 24.9 Å². The molecule has 0 saturated carbocycles. The second kappa shape index (κ2) is 6.53. The third-order valence-electron chi connectivity index (χ3n) is 4.09. The molecule has 2 heterocycles. The molecule has 2 unspecified atom stereocenters. The molecule has 1 aromatic heterocycles. The number of hydrogen-bond donors (Lipinski definition) is 1. The Morgan fingerprint density at radius 3 is 2.95 bits per heavy atom.